The maximum atomic E-state index is 8.57. The molecule has 0 spiro atoms. The van der Waals surface area contributed by atoms with E-state index in [-0.39, 0.29) is 11.7 Å². The third kappa shape index (κ3) is 3.55. The monoisotopic (exact) mass is 208 g/mol. The van der Waals surface area contributed by atoms with E-state index < -0.39 is 0 Å². The number of hydrogen-bond donors (Lipinski definition) is 3. The summed E-state index contributed by atoms with van der Waals surface area (Å²) in [5.41, 5.74) is 7.20. The number of anilines is 1. The van der Waals surface area contributed by atoms with Crippen molar-refractivity contribution < 1.29 is 5.11 Å². The molecule has 14 heavy (non-hydrogen) atoms. The van der Waals surface area contributed by atoms with E-state index in [1.165, 1.54) is 0 Å². The highest BCUT2D eigenvalue weighted by Gasteiger charge is 1.91. The van der Waals surface area contributed by atoms with Gasteiger partial charge in [-0.2, -0.15) is 0 Å². The van der Waals surface area contributed by atoms with Gasteiger partial charge in [0.15, 0.2) is 5.11 Å². The first-order valence-corrected chi connectivity index (χ1v) is 4.57. The predicted octanol–water partition coefficient (Wildman–Crippen LogP) is 1.35. The average Bonchev–Trinajstić information content (AvgIpc) is 2.16. The fraction of sp³-hybridized carbons (Fsp3) is 0.100. The summed E-state index contributed by atoms with van der Waals surface area (Å²) < 4.78 is 0. The Balaban J connectivity index is 2.68. The summed E-state index contributed by atoms with van der Waals surface area (Å²) in [4.78, 5) is 0. The Morgan fingerprint density at radius 2 is 2.07 bits per heavy atom. The molecule has 0 atom stereocenters. The molecule has 0 aliphatic carbocycles. The van der Waals surface area contributed by atoms with E-state index in [0.29, 0.717) is 0 Å². The molecule has 0 heterocycles. The van der Waals surface area contributed by atoms with Crippen LogP contribution in [0.2, 0.25) is 0 Å². The molecular weight excluding hydrogens is 196 g/mol. The molecular formula is C10H12N2OS. The second-order valence-corrected chi connectivity index (χ2v) is 3.14. The molecule has 0 radical (unpaired) electrons. The zero-order chi connectivity index (χ0) is 10.4. The zero-order valence-electron chi connectivity index (χ0n) is 7.60. The lowest BCUT2D eigenvalue weighted by molar-refractivity contribution is 0.343. The lowest BCUT2D eigenvalue weighted by atomic mass is 10.2. The van der Waals surface area contributed by atoms with Gasteiger partial charge in [0.25, 0.3) is 0 Å². The SMILES string of the molecule is NC(=S)Nc1ccc(C=CCO)cc1. The molecule has 0 saturated heterocycles. The maximum Gasteiger partial charge on any atom is 0.168 e. The van der Waals surface area contributed by atoms with Crippen LogP contribution in [0, 0.1) is 0 Å². The minimum atomic E-state index is 0.0485. The number of nitrogens with two attached hydrogens (primary N) is 1. The molecule has 0 aliphatic rings. The molecule has 0 bridgehead atoms. The van der Waals surface area contributed by atoms with Crippen molar-refractivity contribution in [3.05, 3.63) is 35.9 Å². The molecule has 1 aromatic rings. The Bertz CT molecular complexity index is 332. The van der Waals surface area contributed by atoms with Crippen LogP contribution in [0.3, 0.4) is 0 Å². The highest BCUT2D eigenvalue weighted by atomic mass is 32.1. The van der Waals surface area contributed by atoms with E-state index in [4.69, 9.17) is 23.1 Å². The van der Waals surface area contributed by atoms with Crippen LogP contribution in [0.25, 0.3) is 6.08 Å². The van der Waals surface area contributed by atoms with Gasteiger partial charge in [-0.3, -0.25) is 0 Å². The van der Waals surface area contributed by atoms with Crippen molar-refractivity contribution in [3.8, 4) is 0 Å². The van der Waals surface area contributed by atoms with Crippen LogP contribution in [-0.4, -0.2) is 16.8 Å². The van der Waals surface area contributed by atoms with Crippen molar-refractivity contribution >= 4 is 29.1 Å². The summed E-state index contributed by atoms with van der Waals surface area (Å²) >= 11 is 4.70. The predicted molar refractivity (Wildman–Crippen MR) is 63.0 cm³/mol. The zero-order valence-corrected chi connectivity index (χ0v) is 8.42. The third-order valence-electron chi connectivity index (χ3n) is 1.59. The Labute approximate surface area is 88.2 Å². The Morgan fingerprint density at radius 3 is 2.57 bits per heavy atom. The summed E-state index contributed by atoms with van der Waals surface area (Å²) in [6.45, 7) is 0.0485. The number of nitrogens with one attached hydrogen (secondary N) is 1. The molecule has 3 nitrogen and oxygen atoms in total. The largest absolute Gasteiger partial charge is 0.392 e. The van der Waals surface area contributed by atoms with E-state index in [1.807, 2.05) is 30.3 Å². The van der Waals surface area contributed by atoms with E-state index in [0.717, 1.165) is 11.3 Å². The number of rotatable bonds is 3. The van der Waals surface area contributed by atoms with E-state index in [1.54, 1.807) is 6.08 Å². The topological polar surface area (TPSA) is 58.3 Å². The maximum absolute atomic E-state index is 8.57. The van der Waals surface area contributed by atoms with Crippen molar-refractivity contribution in [1.82, 2.24) is 0 Å². The van der Waals surface area contributed by atoms with Crippen LogP contribution in [-0.2, 0) is 0 Å². The van der Waals surface area contributed by atoms with Gasteiger partial charge in [0.2, 0.25) is 0 Å². The van der Waals surface area contributed by atoms with Gasteiger partial charge < -0.3 is 16.2 Å². The molecule has 1 rings (SSSR count). The second-order valence-electron chi connectivity index (χ2n) is 2.70. The number of hydrogen-bond acceptors (Lipinski definition) is 2. The first-order valence-electron chi connectivity index (χ1n) is 4.16. The molecule has 0 fully saturated rings. The fourth-order valence-corrected chi connectivity index (χ4v) is 1.13. The van der Waals surface area contributed by atoms with Gasteiger partial charge in [0.05, 0.1) is 6.61 Å². The molecule has 0 aliphatic heterocycles. The molecule has 0 aromatic heterocycles. The van der Waals surface area contributed by atoms with Crippen LogP contribution in [0.4, 0.5) is 5.69 Å². The van der Waals surface area contributed by atoms with Crippen LogP contribution < -0.4 is 11.1 Å². The molecule has 1 aromatic carbocycles. The summed E-state index contributed by atoms with van der Waals surface area (Å²) in [7, 11) is 0. The summed E-state index contributed by atoms with van der Waals surface area (Å²) in [6.07, 6.45) is 3.51. The number of benzene rings is 1. The quantitative estimate of drug-likeness (QED) is 0.656. The smallest absolute Gasteiger partial charge is 0.168 e. The Kier molecular flexibility index (Phi) is 4.10. The molecule has 0 amide bonds. The minimum absolute atomic E-state index is 0.0485. The Morgan fingerprint density at radius 1 is 1.43 bits per heavy atom. The average molecular weight is 208 g/mol. The van der Waals surface area contributed by atoms with E-state index >= 15 is 0 Å². The van der Waals surface area contributed by atoms with Gasteiger partial charge in [0, 0.05) is 5.69 Å². The highest BCUT2D eigenvalue weighted by molar-refractivity contribution is 7.80. The minimum Gasteiger partial charge on any atom is -0.392 e. The first-order chi connectivity index (χ1) is 6.72. The van der Waals surface area contributed by atoms with Crippen LogP contribution in [0.15, 0.2) is 30.3 Å². The lowest BCUT2D eigenvalue weighted by Gasteiger charge is -2.03. The van der Waals surface area contributed by atoms with Crippen molar-refractivity contribution in [2.45, 2.75) is 0 Å². The number of aliphatic hydroxyl groups excluding tert-OH is 1. The molecule has 4 heteroatoms. The van der Waals surface area contributed by atoms with Gasteiger partial charge in [-0.1, -0.05) is 24.3 Å². The molecule has 74 valence electrons. The van der Waals surface area contributed by atoms with Gasteiger partial charge in [-0.15, -0.1) is 0 Å². The normalized spacial score (nSPS) is 10.4. The standard InChI is InChI=1S/C10H12N2OS/c11-10(14)12-9-5-3-8(4-6-9)2-1-7-13/h1-6,13H,7H2,(H3,11,12,14). The van der Waals surface area contributed by atoms with Crippen molar-refractivity contribution in [1.29, 1.82) is 0 Å². The summed E-state index contributed by atoms with van der Waals surface area (Å²) in [6, 6.07) is 7.56. The van der Waals surface area contributed by atoms with Gasteiger partial charge in [0.1, 0.15) is 0 Å². The van der Waals surface area contributed by atoms with Crippen LogP contribution in [0.1, 0.15) is 5.56 Å². The van der Waals surface area contributed by atoms with Crippen molar-refractivity contribution in [3.63, 3.8) is 0 Å². The van der Waals surface area contributed by atoms with Gasteiger partial charge in [-0.05, 0) is 29.9 Å². The summed E-state index contributed by atoms with van der Waals surface area (Å²) in [5, 5.41) is 11.6. The van der Waals surface area contributed by atoms with Crippen LogP contribution in [0.5, 0.6) is 0 Å². The second kappa shape index (κ2) is 5.36. The van der Waals surface area contributed by atoms with Gasteiger partial charge >= 0.3 is 0 Å². The van der Waals surface area contributed by atoms with Gasteiger partial charge in [-0.25, -0.2) is 0 Å². The van der Waals surface area contributed by atoms with E-state index in [9.17, 15) is 0 Å². The van der Waals surface area contributed by atoms with Crippen molar-refractivity contribution in [2.24, 2.45) is 5.73 Å². The summed E-state index contributed by atoms with van der Waals surface area (Å²) in [5.74, 6) is 0. The molecule has 0 unspecified atom stereocenters. The molecule has 0 saturated carbocycles. The number of aliphatic hydroxyl groups is 1. The van der Waals surface area contributed by atoms with Crippen molar-refractivity contribution in [2.75, 3.05) is 11.9 Å². The number of thiocarbonyl (C=S) groups is 1. The third-order valence-corrected chi connectivity index (χ3v) is 1.70. The molecule has 4 N–H and O–H groups in total. The lowest BCUT2D eigenvalue weighted by Crippen LogP contribution is -2.18. The van der Waals surface area contributed by atoms with Crippen LogP contribution >= 0.6 is 12.2 Å². The highest BCUT2D eigenvalue weighted by Crippen LogP contribution is 2.10. The fourth-order valence-electron chi connectivity index (χ4n) is 1.01. The van der Waals surface area contributed by atoms with E-state index in [2.05, 4.69) is 5.32 Å². The first kappa shape index (κ1) is 10.7. The Hall–Kier alpha value is -1.39.